The van der Waals surface area contributed by atoms with Crippen molar-refractivity contribution in [3.05, 3.63) is 42.0 Å². The first-order valence-electron chi connectivity index (χ1n) is 15.1. The number of carbonyl (C=O) groups is 2. The Morgan fingerprint density at radius 3 is 2.30 bits per heavy atom. The van der Waals surface area contributed by atoms with Gasteiger partial charge in [-0.2, -0.15) is 0 Å². The molecule has 0 spiro atoms. The van der Waals surface area contributed by atoms with Gasteiger partial charge in [-0.1, -0.05) is 31.4 Å². The number of hydrogen-bond acceptors (Lipinski definition) is 9. The van der Waals surface area contributed by atoms with E-state index in [1.807, 2.05) is 18.2 Å². The molecule has 1 saturated carbocycles. The molecule has 2 aromatic rings. The fraction of sp³-hybridized carbons (Fsp3) is 0.562. The number of para-hydroxylation sites is 2. The number of fused-ring (bicyclic) bond motifs is 1. The van der Waals surface area contributed by atoms with Crippen LogP contribution in [-0.4, -0.2) is 101 Å². The van der Waals surface area contributed by atoms with E-state index in [2.05, 4.69) is 10.2 Å². The van der Waals surface area contributed by atoms with Crippen LogP contribution in [-0.2, 0) is 14.3 Å². The second kappa shape index (κ2) is 14.7. The zero-order valence-corrected chi connectivity index (χ0v) is 25.3. The molecule has 1 N–H and O–H groups in total. The summed E-state index contributed by atoms with van der Waals surface area (Å²) in [7, 11) is 4.60. The first-order valence-corrected chi connectivity index (χ1v) is 15.1. The van der Waals surface area contributed by atoms with E-state index < -0.39 is 12.1 Å². The Balaban J connectivity index is 1.53. The summed E-state index contributed by atoms with van der Waals surface area (Å²) in [6.45, 7) is 3.65. The average Bonchev–Trinajstić information content (AvgIpc) is 3.06. The molecule has 0 unspecified atom stereocenters. The number of morpholine rings is 1. The van der Waals surface area contributed by atoms with Crippen LogP contribution in [0.3, 0.4) is 0 Å². The number of amides is 2. The molecule has 2 atom stereocenters. The second-order valence-electron chi connectivity index (χ2n) is 11.1. The van der Waals surface area contributed by atoms with Crippen LogP contribution in [0.2, 0.25) is 0 Å². The number of hydrogen-bond donors (Lipinski definition) is 1. The number of carbonyl (C=O) groups excluding carboxylic acids is 2. The van der Waals surface area contributed by atoms with E-state index in [4.69, 9.17) is 28.4 Å². The Morgan fingerprint density at radius 2 is 1.65 bits per heavy atom. The molecule has 2 aromatic carbocycles. The minimum Gasteiger partial charge on any atom is -0.493 e. The maximum atomic E-state index is 14.4. The third-order valence-corrected chi connectivity index (χ3v) is 8.34. The SMILES string of the molecule is COc1cc([C@@H](C(=O)NC2CCCCC2)N(CCN2CCOCC2)C(=O)[C@H]2COc3ccccc3O2)cc(OC)c1OC. The molecule has 234 valence electrons. The van der Waals surface area contributed by atoms with Gasteiger partial charge in [-0.15, -0.1) is 0 Å². The summed E-state index contributed by atoms with van der Waals surface area (Å²) in [5.74, 6) is 1.71. The second-order valence-corrected chi connectivity index (χ2v) is 11.1. The largest absolute Gasteiger partial charge is 0.493 e. The Kier molecular flexibility index (Phi) is 10.5. The first-order chi connectivity index (χ1) is 21.0. The van der Waals surface area contributed by atoms with Gasteiger partial charge in [-0.25, -0.2) is 0 Å². The Morgan fingerprint density at radius 1 is 0.977 bits per heavy atom. The first kappa shape index (κ1) is 30.7. The molecule has 2 amide bonds. The van der Waals surface area contributed by atoms with Crippen molar-refractivity contribution >= 4 is 11.8 Å². The molecule has 1 aliphatic carbocycles. The monoisotopic (exact) mass is 597 g/mol. The Hall–Kier alpha value is -3.70. The summed E-state index contributed by atoms with van der Waals surface area (Å²) >= 11 is 0. The molecule has 2 fully saturated rings. The van der Waals surface area contributed by atoms with Gasteiger partial charge in [0.25, 0.3) is 5.91 Å². The van der Waals surface area contributed by atoms with Gasteiger partial charge in [-0.05, 0) is 42.7 Å². The minimum absolute atomic E-state index is 0.0378. The molecule has 0 bridgehead atoms. The number of nitrogens with one attached hydrogen (secondary N) is 1. The lowest BCUT2D eigenvalue weighted by molar-refractivity contribution is -0.149. The summed E-state index contributed by atoms with van der Waals surface area (Å²) in [6.07, 6.45) is 4.18. The zero-order chi connectivity index (χ0) is 30.2. The van der Waals surface area contributed by atoms with Gasteiger partial charge >= 0.3 is 0 Å². The minimum atomic E-state index is -0.982. The van der Waals surface area contributed by atoms with Crippen LogP contribution in [0, 0.1) is 0 Å². The highest BCUT2D eigenvalue weighted by Crippen LogP contribution is 2.41. The highest BCUT2D eigenvalue weighted by molar-refractivity contribution is 5.91. The maximum absolute atomic E-state index is 14.4. The Bertz CT molecular complexity index is 1220. The van der Waals surface area contributed by atoms with Crippen molar-refractivity contribution in [3.63, 3.8) is 0 Å². The molecule has 3 aliphatic rings. The highest BCUT2D eigenvalue weighted by atomic mass is 16.6. The van der Waals surface area contributed by atoms with Crippen molar-refractivity contribution in [1.82, 2.24) is 15.1 Å². The molecular formula is C32H43N3O8. The molecular weight excluding hydrogens is 554 g/mol. The summed E-state index contributed by atoms with van der Waals surface area (Å²) in [5, 5.41) is 3.26. The summed E-state index contributed by atoms with van der Waals surface area (Å²) in [5.41, 5.74) is 0.551. The van der Waals surface area contributed by atoms with E-state index in [9.17, 15) is 9.59 Å². The molecule has 11 heteroatoms. The van der Waals surface area contributed by atoms with Crippen molar-refractivity contribution in [3.8, 4) is 28.7 Å². The van der Waals surface area contributed by atoms with Crippen molar-refractivity contribution in [2.45, 2.75) is 50.3 Å². The van der Waals surface area contributed by atoms with Gasteiger partial charge in [-0.3, -0.25) is 14.5 Å². The van der Waals surface area contributed by atoms with E-state index in [0.717, 1.165) is 45.2 Å². The Labute approximate surface area is 253 Å². The third-order valence-electron chi connectivity index (χ3n) is 8.34. The van der Waals surface area contributed by atoms with E-state index in [1.54, 1.807) is 23.1 Å². The van der Waals surface area contributed by atoms with Crippen LogP contribution in [0.4, 0.5) is 0 Å². The quantitative estimate of drug-likeness (QED) is 0.418. The van der Waals surface area contributed by atoms with Crippen molar-refractivity contribution in [2.75, 3.05) is 67.3 Å². The molecule has 5 rings (SSSR count). The predicted octanol–water partition coefficient (Wildman–Crippen LogP) is 3.20. The summed E-state index contributed by atoms with van der Waals surface area (Å²) < 4.78 is 34.4. The van der Waals surface area contributed by atoms with E-state index in [0.29, 0.717) is 60.6 Å². The number of nitrogens with zero attached hydrogens (tertiary/aromatic N) is 2. The maximum Gasteiger partial charge on any atom is 0.268 e. The standard InChI is InChI=1S/C32H43N3O8/c1-38-26-19-22(20-27(39-2)30(26)40-3)29(31(36)33-23-9-5-4-6-10-23)35(14-13-34-15-17-41-18-16-34)32(37)28-21-42-24-11-7-8-12-25(24)43-28/h7-8,11-12,19-20,23,28-29H,4-6,9-10,13-18,21H2,1-3H3,(H,33,36)/t28-,29+/m1/s1. The van der Waals surface area contributed by atoms with E-state index in [-0.39, 0.29) is 24.5 Å². The summed E-state index contributed by atoms with van der Waals surface area (Å²) in [4.78, 5) is 32.6. The van der Waals surface area contributed by atoms with Gasteiger partial charge in [0, 0.05) is 32.2 Å². The topological polar surface area (TPSA) is 108 Å². The fourth-order valence-electron chi connectivity index (χ4n) is 6.03. The predicted molar refractivity (Wildman–Crippen MR) is 159 cm³/mol. The molecule has 0 aromatic heterocycles. The average molecular weight is 598 g/mol. The lowest BCUT2D eigenvalue weighted by Gasteiger charge is -2.38. The van der Waals surface area contributed by atoms with Crippen LogP contribution in [0.25, 0.3) is 0 Å². The van der Waals surface area contributed by atoms with E-state index in [1.165, 1.54) is 21.3 Å². The van der Waals surface area contributed by atoms with Crippen LogP contribution in [0.5, 0.6) is 28.7 Å². The molecule has 2 aliphatic heterocycles. The molecule has 1 saturated heterocycles. The van der Waals surface area contributed by atoms with Crippen molar-refractivity contribution in [2.24, 2.45) is 0 Å². The van der Waals surface area contributed by atoms with Gasteiger partial charge in [0.2, 0.25) is 17.8 Å². The van der Waals surface area contributed by atoms with Crippen molar-refractivity contribution in [1.29, 1.82) is 0 Å². The van der Waals surface area contributed by atoms with Gasteiger partial charge in [0.05, 0.1) is 34.5 Å². The molecule has 43 heavy (non-hydrogen) atoms. The zero-order valence-electron chi connectivity index (χ0n) is 25.3. The van der Waals surface area contributed by atoms with Gasteiger partial charge in [0.1, 0.15) is 12.6 Å². The number of ether oxygens (including phenoxy) is 6. The van der Waals surface area contributed by atoms with Crippen LogP contribution in [0.15, 0.2) is 36.4 Å². The smallest absolute Gasteiger partial charge is 0.268 e. The fourth-order valence-corrected chi connectivity index (χ4v) is 6.03. The summed E-state index contributed by atoms with van der Waals surface area (Å²) in [6, 6.07) is 9.83. The van der Waals surface area contributed by atoms with Crippen LogP contribution >= 0.6 is 0 Å². The molecule has 0 radical (unpaired) electrons. The normalized spacial score (nSPS) is 19.7. The van der Waals surface area contributed by atoms with E-state index >= 15 is 0 Å². The number of rotatable bonds is 11. The van der Waals surface area contributed by atoms with Crippen molar-refractivity contribution < 1.29 is 38.0 Å². The van der Waals surface area contributed by atoms with Gasteiger partial charge < -0.3 is 38.6 Å². The lowest BCUT2D eigenvalue weighted by Crippen LogP contribution is -2.54. The highest BCUT2D eigenvalue weighted by Gasteiger charge is 2.39. The van der Waals surface area contributed by atoms with Crippen LogP contribution < -0.4 is 29.0 Å². The molecule has 2 heterocycles. The van der Waals surface area contributed by atoms with Gasteiger partial charge in [0.15, 0.2) is 23.0 Å². The van der Waals surface area contributed by atoms with Crippen LogP contribution in [0.1, 0.15) is 43.7 Å². The third kappa shape index (κ3) is 7.27. The number of methoxy groups -OCH3 is 3. The molecule has 11 nitrogen and oxygen atoms in total. The lowest BCUT2D eigenvalue weighted by atomic mass is 9.94. The number of benzene rings is 2.